The highest BCUT2D eigenvalue weighted by atomic mass is 31.2. The maximum Gasteiger partial charge on any atom is 0.470 e. The summed E-state index contributed by atoms with van der Waals surface area (Å²) in [5, 5.41) is 21.7. The number of carbonyl (C=O) groups is 1. The van der Waals surface area contributed by atoms with Crippen molar-refractivity contribution in [1.82, 2.24) is 5.32 Å². The van der Waals surface area contributed by atoms with E-state index in [9.17, 15) is 24.4 Å². The molecule has 1 aliphatic carbocycles. The number of nitrogens with zero attached hydrogens (tertiary/aromatic N) is 1. The smallest absolute Gasteiger partial charge is 0.470 e. The van der Waals surface area contributed by atoms with Crippen molar-refractivity contribution in [2.45, 2.75) is 57.6 Å². The van der Waals surface area contributed by atoms with Gasteiger partial charge in [-0.3, -0.25) is 9.32 Å². The fraction of sp³-hybridized carbons (Fsp3) is 0.462. The summed E-state index contributed by atoms with van der Waals surface area (Å²) >= 11 is 0. The number of aryl methyl sites for hydroxylation is 1. The fourth-order valence-corrected chi connectivity index (χ4v) is 5.19. The molecule has 0 saturated heterocycles. The van der Waals surface area contributed by atoms with Crippen LogP contribution in [-0.4, -0.2) is 45.7 Å². The lowest BCUT2D eigenvalue weighted by Crippen LogP contribution is -2.46. The Bertz CT molecular complexity index is 1130. The number of benzene rings is 2. The first-order chi connectivity index (χ1) is 16.9. The molecule has 0 aliphatic heterocycles. The summed E-state index contributed by atoms with van der Waals surface area (Å²) < 4.78 is 22.3. The number of phosphoric acid groups is 1. The van der Waals surface area contributed by atoms with E-state index in [1.807, 2.05) is 32.0 Å². The SMILES string of the molecule is CC(C)(CC1Cc2ccccc2C1)NC[C@@H](COc1cc(CCC(=O)O)ccc1C#N)OP(=O)(O)O. The van der Waals surface area contributed by atoms with Gasteiger partial charge >= 0.3 is 13.8 Å². The zero-order chi connectivity index (χ0) is 26.3. The highest BCUT2D eigenvalue weighted by molar-refractivity contribution is 7.46. The summed E-state index contributed by atoms with van der Waals surface area (Å²) in [5.74, 6) is -0.260. The average molecular weight is 517 g/mol. The zero-order valence-corrected chi connectivity index (χ0v) is 21.4. The molecule has 10 heteroatoms. The summed E-state index contributed by atoms with van der Waals surface area (Å²) in [6.07, 6.45) is 2.08. The topological polar surface area (TPSA) is 149 Å². The van der Waals surface area contributed by atoms with Gasteiger partial charge in [0, 0.05) is 18.5 Å². The molecule has 36 heavy (non-hydrogen) atoms. The molecule has 0 radical (unpaired) electrons. The molecule has 0 saturated carbocycles. The molecule has 0 amide bonds. The first-order valence-electron chi connectivity index (χ1n) is 11.9. The Morgan fingerprint density at radius 1 is 1.22 bits per heavy atom. The number of carboxylic acid groups (broad SMARTS) is 1. The van der Waals surface area contributed by atoms with Crippen LogP contribution in [0.1, 0.15) is 48.9 Å². The van der Waals surface area contributed by atoms with Crippen LogP contribution in [0.5, 0.6) is 5.75 Å². The van der Waals surface area contributed by atoms with Crippen molar-refractivity contribution in [3.8, 4) is 11.8 Å². The second-order valence-electron chi connectivity index (χ2n) is 9.88. The highest BCUT2D eigenvalue weighted by Gasteiger charge is 2.30. The van der Waals surface area contributed by atoms with Gasteiger partial charge < -0.3 is 24.9 Å². The summed E-state index contributed by atoms with van der Waals surface area (Å²) in [5.41, 5.74) is 3.33. The van der Waals surface area contributed by atoms with Crippen molar-refractivity contribution in [1.29, 1.82) is 5.26 Å². The molecule has 0 fully saturated rings. The lowest BCUT2D eigenvalue weighted by atomic mass is 9.88. The predicted octanol–water partition coefficient (Wildman–Crippen LogP) is 3.61. The molecular weight excluding hydrogens is 483 g/mol. The Balaban J connectivity index is 1.62. The summed E-state index contributed by atoms with van der Waals surface area (Å²) in [7, 11) is -4.79. The van der Waals surface area contributed by atoms with Crippen LogP contribution in [0.2, 0.25) is 0 Å². The molecule has 0 unspecified atom stereocenters. The Hall–Kier alpha value is -2.73. The van der Waals surface area contributed by atoms with E-state index in [-0.39, 0.29) is 42.8 Å². The molecule has 0 spiro atoms. The maximum atomic E-state index is 11.6. The Morgan fingerprint density at radius 2 is 1.89 bits per heavy atom. The van der Waals surface area contributed by atoms with E-state index in [2.05, 4.69) is 17.4 Å². The number of nitrogens with one attached hydrogen (secondary N) is 1. The Labute approximate surface area is 211 Å². The lowest BCUT2D eigenvalue weighted by Gasteiger charge is -2.31. The van der Waals surface area contributed by atoms with E-state index in [1.165, 1.54) is 17.2 Å². The number of hydrogen-bond acceptors (Lipinski definition) is 6. The van der Waals surface area contributed by atoms with Crippen LogP contribution >= 0.6 is 7.82 Å². The van der Waals surface area contributed by atoms with E-state index < -0.39 is 19.9 Å². The van der Waals surface area contributed by atoms with Gasteiger partial charge in [0.2, 0.25) is 0 Å². The monoisotopic (exact) mass is 516 g/mol. The largest absolute Gasteiger partial charge is 0.489 e. The minimum atomic E-state index is -4.79. The van der Waals surface area contributed by atoms with Crippen molar-refractivity contribution >= 4 is 13.8 Å². The molecule has 0 bridgehead atoms. The van der Waals surface area contributed by atoms with Crippen LogP contribution in [0.15, 0.2) is 42.5 Å². The van der Waals surface area contributed by atoms with Gasteiger partial charge in [-0.1, -0.05) is 30.3 Å². The number of fused-ring (bicyclic) bond motifs is 1. The molecule has 0 heterocycles. The maximum absolute atomic E-state index is 11.6. The van der Waals surface area contributed by atoms with Gasteiger partial charge in [0.15, 0.2) is 0 Å². The third-order valence-corrected chi connectivity index (χ3v) is 6.82. The minimum absolute atomic E-state index is 0.0691. The first kappa shape index (κ1) is 27.9. The Kier molecular flexibility index (Phi) is 9.29. The Morgan fingerprint density at radius 3 is 2.47 bits per heavy atom. The van der Waals surface area contributed by atoms with Gasteiger partial charge in [-0.2, -0.15) is 5.26 Å². The van der Waals surface area contributed by atoms with E-state index >= 15 is 0 Å². The molecule has 194 valence electrons. The number of rotatable bonds is 13. The molecule has 2 aromatic rings. The predicted molar refractivity (Wildman–Crippen MR) is 134 cm³/mol. The van der Waals surface area contributed by atoms with Gasteiger partial charge in [0.25, 0.3) is 0 Å². The third kappa shape index (κ3) is 8.74. The van der Waals surface area contributed by atoms with E-state index in [1.54, 1.807) is 12.1 Å². The van der Waals surface area contributed by atoms with Crippen molar-refractivity contribution in [3.63, 3.8) is 0 Å². The number of hydrogen-bond donors (Lipinski definition) is 4. The molecule has 3 rings (SSSR count). The molecule has 4 N–H and O–H groups in total. The summed E-state index contributed by atoms with van der Waals surface area (Å²) in [6, 6.07) is 15.2. The van der Waals surface area contributed by atoms with Gasteiger partial charge in [-0.05, 0) is 74.3 Å². The normalized spacial score (nSPS) is 14.8. The number of carboxylic acids is 1. The van der Waals surface area contributed by atoms with Crippen LogP contribution in [0, 0.1) is 17.2 Å². The molecular formula is C26H33N2O7P. The number of aliphatic carboxylic acids is 1. The van der Waals surface area contributed by atoms with E-state index in [0.29, 0.717) is 11.5 Å². The zero-order valence-electron chi connectivity index (χ0n) is 20.5. The molecule has 2 aromatic carbocycles. The number of ether oxygens (including phenoxy) is 1. The first-order valence-corrected chi connectivity index (χ1v) is 13.4. The summed E-state index contributed by atoms with van der Waals surface area (Å²) in [4.78, 5) is 29.7. The van der Waals surface area contributed by atoms with Crippen LogP contribution in [0.3, 0.4) is 0 Å². The van der Waals surface area contributed by atoms with Crippen molar-refractivity contribution < 1.29 is 33.5 Å². The second kappa shape index (κ2) is 12.0. The molecule has 1 aliphatic rings. The number of nitriles is 1. The van der Waals surface area contributed by atoms with Crippen LogP contribution in [-0.2, 0) is 33.1 Å². The van der Waals surface area contributed by atoms with Gasteiger partial charge in [-0.15, -0.1) is 0 Å². The fourth-order valence-electron chi connectivity index (χ4n) is 4.67. The van der Waals surface area contributed by atoms with Crippen molar-refractivity contribution in [2.75, 3.05) is 13.2 Å². The van der Waals surface area contributed by atoms with Crippen LogP contribution < -0.4 is 10.1 Å². The third-order valence-electron chi connectivity index (χ3n) is 6.25. The quantitative estimate of drug-likeness (QED) is 0.293. The van der Waals surface area contributed by atoms with Gasteiger partial charge in [0.1, 0.15) is 24.5 Å². The average Bonchev–Trinajstić information content (AvgIpc) is 3.20. The minimum Gasteiger partial charge on any atom is -0.489 e. The second-order valence-corrected chi connectivity index (χ2v) is 11.1. The van der Waals surface area contributed by atoms with E-state index in [4.69, 9.17) is 14.4 Å². The standard InChI is InChI=1S/C26H33N2O7P/c1-26(2,14-19-11-20-5-3-4-6-21(20)12-19)28-16-23(35-36(31,32)33)17-34-24-13-18(8-10-25(29)30)7-9-22(24)15-27/h3-7,9,13,19,23,28H,8,10-12,14,16-17H2,1-2H3,(H,29,30)(H2,31,32,33)/t23-/m0/s1. The summed E-state index contributed by atoms with van der Waals surface area (Å²) in [6.45, 7) is 4.01. The molecule has 9 nitrogen and oxygen atoms in total. The van der Waals surface area contributed by atoms with Crippen molar-refractivity contribution in [3.05, 3.63) is 64.7 Å². The van der Waals surface area contributed by atoms with E-state index in [0.717, 1.165) is 19.3 Å². The van der Waals surface area contributed by atoms with Gasteiger partial charge in [0.05, 0.1) is 5.56 Å². The highest BCUT2D eigenvalue weighted by Crippen LogP contribution is 2.38. The molecule has 0 aromatic heterocycles. The van der Waals surface area contributed by atoms with Crippen molar-refractivity contribution in [2.24, 2.45) is 5.92 Å². The lowest BCUT2D eigenvalue weighted by molar-refractivity contribution is -0.136. The number of phosphoric ester groups is 1. The molecule has 1 atom stereocenters. The van der Waals surface area contributed by atoms with Crippen LogP contribution in [0.4, 0.5) is 0 Å². The van der Waals surface area contributed by atoms with Gasteiger partial charge in [-0.25, -0.2) is 4.57 Å². The van der Waals surface area contributed by atoms with Crippen LogP contribution in [0.25, 0.3) is 0 Å².